The van der Waals surface area contributed by atoms with Gasteiger partial charge in [0.05, 0.1) is 19.6 Å². The lowest BCUT2D eigenvalue weighted by molar-refractivity contribution is -0.137. The number of aryl methyl sites for hydroxylation is 1. The van der Waals surface area contributed by atoms with Crippen LogP contribution in [0, 0.1) is 6.92 Å². The number of oxazole rings is 1. The maximum absolute atomic E-state index is 12.8. The van der Waals surface area contributed by atoms with Gasteiger partial charge in [0.1, 0.15) is 11.5 Å². The van der Waals surface area contributed by atoms with E-state index < -0.39 is 17.9 Å². The summed E-state index contributed by atoms with van der Waals surface area (Å²) in [5.41, 5.74) is 1.50. The zero-order chi connectivity index (χ0) is 20.1. The van der Waals surface area contributed by atoms with E-state index in [0.29, 0.717) is 23.0 Å². The molecule has 144 valence electrons. The third-order valence-corrected chi connectivity index (χ3v) is 4.21. The number of aromatic nitrogens is 1. The first-order valence-electron chi connectivity index (χ1n) is 8.67. The van der Waals surface area contributed by atoms with Crippen LogP contribution in [0.1, 0.15) is 34.3 Å². The molecule has 0 aliphatic carbocycles. The van der Waals surface area contributed by atoms with Crippen LogP contribution in [0.2, 0.25) is 0 Å². The van der Waals surface area contributed by atoms with Crippen molar-refractivity contribution in [2.45, 2.75) is 19.4 Å². The highest BCUT2D eigenvalue weighted by molar-refractivity contribution is 5.94. The summed E-state index contributed by atoms with van der Waals surface area (Å²) >= 11 is 0. The highest BCUT2D eigenvalue weighted by Gasteiger charge is 2.23. The SMILES string of the molecule is COc1cccc(C(CC(=O)O)NC(=O)c2nc(-c3ccccc3)oc2C)c1. The number of benzene rings is 2. The van der Waals surface area contributed by atoms with Gasteiger partial charge < -0.3 is 19.6 Å². The lowest BCUT2D eigenvalue weighted by Crippen LogP contribution is -2.30. The number of carboxylic acids is 1. The van der Waals surface area contributed by atoms with Gasteiger partial charge in [-0.1, -0.05) is 30.3 Å². The molecule has 0 saturated carbocycles. The Morgan fingerprint density at radius 2 is 1.93 bits per heavy atom. The molecule has 1 aromatic heterocycles. The standard InChI is InChI=1S/C21H20N2O5/c1-13-19(23-21(28-13)14-7-4-3-5-8-14)20(26)22-17(12-18(24)25)15-9-6-10-16(11-15)27-2/h3-11,17H,12H2,1-2H3,(H,22,26)(H,24,25). The molecule has 7 heteroatoms. The number of amides is 1. The number of methoxy groups -OCH3 is 1. The van der Waals surface area contributed by atoms with E-state index in [-0.39, 0.29) is 12.1 Å². The van der Waals surface area contributed by atoms with E-state index >= 15 is 0 Å². The number of aliphatic carboxylic acids is 1. The van der Waals surface area contributed by atoms with Crippen LogP contribution < -0.4 is 10.1 Å². The quantitative estimate of drug-likeness (QED) is 0.649. The molecule has 2 N–H and O–H groups in total. The molecule has 0 bridgehead atoms. The van der Waals surface area contributed by atoms with Gasteiger partial charge in [-0.25, -0.2) is 4.98 Å². The molecule has 1 amide bonds. The Morgan fingerprint density at radius 3 is 2.61 bits per heavy atom. The molecule has 0 fully saturated rings. The number of carbonyl (C=O) groups is 2. The summed E-state index contributed by atoms with van der Waals surface area (Å²) in [6.45, 7) is 1.64. The molecule has 1 unspecified atom stereocenters. The van der Waals surface area contributed by atoms with Crippen molar-refractivity contribution in [3.63, 3.8) is 0 Å². The van der Waals surface area contributed by atoms with Gasteiger partial charge in [-0.15, -0.1) is 0 Å². The van der Waals surface area contributed by atoms with E-state index in [1.807, 2.05) is 30.3 Å². The normalized spacial score (nSPS) is 11.6. The third-order valence-electron chi connectivity index (χ3n) is 4.21. The van der Waals surface area contributed by atoms with E-state index in [0.717, 1.165) is 5.56 Å². The fraction of sp³-hybridized carbons (Fsp3) is 0.190. The van der Waals surface area contributed by atoms with Crippen molar-refractivity contribution in [3.8, 4) is 17.2 Å². The molecule has 2 aromatic carbocycles. The minimum atomic E-state index is -1.03. The van der Waals surface area contributed by atoms with Crippen LogP contribution in [0.4, 0.5) is 0 Å². The van der Waals surface area contributed by atoms with Crippen molar-refractivity contribution in [1.82, 2.24) is 10.3 Å². The topological polar surface area (TPSA) is 102 Å². The maximum atomic E-state index is 12.8. The van der Waals surface area contributed by atoms with Crippen molar-refractivity contribution in [2.24, 2.45) is 0 Å². The molecule has 1 heterocycles. The van der Waals surface area contributed by atoms with Crippen LogP contribution in [-0.2, 0) is 4.79 Å². The smallest absolute Gasteiger partial charge is 0.305 e. The third kappa shape index (κ3) is 4.37. The van der Waals surface area contributed by atoms with Gasteiger partial charge in [-0.05, 0) is 36.8 Å². The van der Waals surface area contributed by atoms with Crippen LogP contribution >= 0.6 is 0 Å². The number of hydrogen-bond donors (Lipinski definition) is 2. The summed E-state index contributed by atoms with van der Waals surface area (Å²) in [5.74, 6) is -0.269. The summed E-state index contributed by atoms with van der Waals surface area (Å²) < 4.78 is 10.8. The van der Waals surface area contributed by atoms with Gasteiger partial charge in [0.15, 0.2) is 5.69 Å². The van der Waals surface area contributed by atoms with Crippen LogP contribution in [0.15, 0.2) is 59.0 Å². The summed E-state index contributed by atoms with van der Waals surface area (Å²) in [7, 11) is 1.52. The first-order valence-corrected chi connectivity index (χ1v) is 8.67. The number of hydrogen-bond acceptors (Lipinski definition) is 5. The summed E-state index contributed by atoms with van der Waals surface area (Å²) in [6.07, 6.45) is -0.276. The number of nitrogens with one attached hydrogen (secondary N) is 1. The molecule has 0 spiro atoms. The minimum absolute atomic E-state index is 0.122. The van der Waals surface area contributed by atoms with Crippen molar-refractivity contribution < 1.29 is 23.8 Å². The van der Waals surface area contributed by atoms with Crippen molar-refractivity contribution in [3.05, 3.63) is 71.6 Å². The monoisotopic (exact) mass is 380 g/mol. The molecule has 3 aromatic rings. The summed E-state index contributed by atoms with van der Waals surface area (Å²) in [6, 6.07) is 15.4. The number of ether oxygens (including phenoxy) is 1. The van der Waals surface area contributed by atoms with E-state index in [1.54, 1.807) is 31.2 Å². The van der Waals surface area contributed by atoms with Gasteiger partial charge in [0.2, 0.25) is 5.89 Å². The molecule has 0 aliphatic heterocycles. The van der Waals surface area contributed by atoms with E-state index in [1.165, 1.54) is 7.11 Å². The molecule has 7 nitrogen and oxygen atoms in total. The van der Waals surface area contributed by atoms with Gasteiger partial charge in [0.25, 0.3) is 5.91 Å². The second-order valence-electron chi connectivity index (χ2n) is 6.19. The lowest BCUT2D eigenvalue weighted by atomic mass is 10.0. The van der Waals surface area contributed by atoms with Gasteiger partial charge in [-0.2, -0.15) is 0 Å². The maximum Gasteiger partial charge on any atom is 0.305 e. The van der Waals surface area contributed by atoms with Crippen molar-refractivity contribution in [2.75, 3.05) is 7.11 Å². The van der Waals surface area contributed by atoms with Gasteiger partial charge in [0, 0.05) is 5.56 Å². The molecule has 3 rings (SSSR count). The Kier molecular flexibility index (Phi) is 5.74. The molecule has 0 radical (unpaired) electrons. The molecular formula is C21H20N2O5. The predicted molar refractivity (Wildman–Crippen MR) is 102 cm³/mol. The summed E-state index contributed by atoms with van der Waals surface area (Å²) in [4.78, 5) is 28.4. The fourth-order valence-corrected chi connectivity index (χ4v) is 2.82. The molecular weight excluding hydrogens is 360 g/mol. The Hall–Kier alpha value is -3.61. The number of rotatable bonds is 7. The van der Waals surface area contributed by atoms with Gasteiger partial charge >= 0.3 is 5.97 Å². The second-order valence-corrected chi connectivity index (χ2v) is 6.19. The molecule has 0 saturated heterocycles. The average molecular weight is 380 g/mol. The van der Waals surface area contributed by atoms with Crippen LogP contribution in [0.3, 0.4) is 0 Å². The van der Waals surface area contributed by atoms with Crippen molar-refractivity contribution in [1.29, 1.82) is 0 Å². The highest BCUT2D eigenvalue weighted by Crippen LogP contribution is 2.24. The van der Waals surface area contributed by atoms with E-state index in [4.69, 9.17) is 9.15 Å². The zero-order valence-corrected chi connectivity index (χ0v) is 15.5. The van der Waals surface area contributed by atoms with Crippen molar-refractivity contribution >= 4 is 11.9 Å². The number of nitrogens with zero attached hydrogens (tertiary/aromatic N) is 1. The minimum Gasteiger partial charge on any atom is -0.497 e. The van der Waals surface area contributed by atoms with Crippen LogP contribution in [0.5, 0.6) is 5.75 Å². The Balaban J connectivity index is 1.86. The zero-order valence-electron chi connectivity index (χ0n) is 15.5. The first kappa shape index (κ1) is 19.2. The van der Waals surface area contributed by atoms with E-state index in [9.17, 15) is 14.7 Å². The average Bonchev–Trinajstić information content (AvgIpc) is 3.09. The first-order chi connectivity index (χ1) is 13.5. The Bertz CT molecular complexity index is 981. The van der Waals surface area contributed by atoms with Crippen LogP contribution in [0.25, 0.3) is 11.5 Å². The molecule has 1 atom stereocenters. The predicted octanol–water partition coefficient (Wildman–Crippen LogP) is 3.60. The number of carboxylic acid groups (broad SMARTS) is 1. The van der Waals surface area contributed by atoms with Crippen LogP contribution in [-0.4, -0.2) is 29.1 Å². The Morgan fingerprint density at radius 1 is 1.18 bits per heavy atom. The highest BCUT2D eigenvalue weighted by atomic mass is 16.5. The molecule has 0 aliphatic rings. The lowest BCUT2D eigenvalue weighted by Gasteiger charge is -2.17. The summed E-state index contributed by atoms with van der Waals surface area (Å²) in [5, 5.41) is 12.0. The second kappa shape index (κ2) is 8.39. The Labute approximate surface area is 162 Å². The van der Waals surface area contributed by atoms with E-state index in [2.05, 4.69) is 10.3 Å². The fourth-order valence-electron chi connectivity index (χ4n) is 2.82. The van der Waals surface area contributed by atoms with Gasteiger partial charge in [-0.3, -0.25) is 9.59 Å². The largest absolute Gasteiger partial charge is 0.497 e. The number of carbonyl (C=O) groups excluding carboxylic acids is 1. The molecule has 28 heavy (non-hydrogen) atoms.